The first-order valence-corrected chi connectivity index (χ1v) is 13.9. The maximum atomic E-state index is 14.3. The van der Waals surface area contributed by atoms with Crippen LogP contribution in [0.25, 0.3) is 0 Å². The van der Waals surface area contributed by atoms with E-state index in [1.165, 1.54) is 0 Å². The van der Waals surface area contributed by atoms with E-state index >= 15 is 0 Å². The van der Waals surface area contributed by atoms with Crippen LogP contribution in [0.3, 0.4) is 0 Å². The van der Waals surface area contributed by atoms with Crippen LogP contribution in [0, 0.1) is 11.8 Å². The minimum Gasteiger partial charge on any atom is -0.394 e. The molecule has 2 unspecified atom stereocenters. The number of thioether (sulfide) groups is 1. The second-order valence-corrected chi connectivity index (χ2v) is 13.0. The highest BCUT2D eigenvalue weighted by atomic mass is 32.2. The van der Waals surface area contributed by atoms with E-state index in [4.69, 9.17) is 0 Å². The Kier molecular flexibility index (Phi) is 6.83. The average molecular weight is 522 g/mol. The van der Waals surface area contributed by atoms with Gasteiger partial charge in [-0.15, -0.1) is 11.8 Å². The molecular formula is C29H35N3O4S. The van der Waals surface area contributed by atoms with Gasteiger partial charge in [-0.05, 0) is 57.7 Å². The number of carbonyl (C=O) groups excluding carboxylic acids is 3. The summed E-state index contributed by atoms with van der Waals surface area (Å²) in [5.41, 5.74) is 1.19. The molecule has 3 saturated heterocycles. The van der Waals surface area contributed by atoms with E-state index in [0.29, 0.717) is 18.5 Å². The summed E-state index contributed by atoms with van der Waals surface area (Å²) < 4.78 is -0.695. The van der Waals surface area contributed by atoms with Gasteiger partial charge in [0.25, 0.3) is 0 Å². The lowest BCUT2D eigenvalue weighted by Crippen LogP contribution is -2.59. The lowest BCUT2D eigenvalue weighted by Gasteiger charge is -2.38. The first-order chi connectivity index (χ1) is 17.6. The summed E-state index contributed by atoms with van der Waals surface area (Å²) >= 11 is 1.63. The van der Waals surface area contributed by atoms with E-state index in [-0.39, 0.29) is 29.6 Å². The van der Waals surface area contributed by atoms with Gasteiger partial charge in [-0.25, -0.2) is 0 Å². The van der Waals surface area contributed by atoms with Crippen LogP contribution in [-0.2, 0) is 20.8 Å². The van der Waals surface area contributed by atoms with Gasteiger partial charge in [-0.3, -0.25) is 14.4 Å². The van der Waals surface area contributed by atoms with Crippen molar-refractivity contribution in [2.75, 3.05) is 11.9 Å². The highest BCUT2D eigenvalue weighted by Gasteiger charge is 2.74. The zero-order chi connectivity index (χ0) is 26.4. The van der Waals surface area contributed by atoms with Crippen molar-refractivity contribution in [1.82, 2.24) is 10.2 Å². The number of para-hydroxylation sites is 1. The van der Waals surface area contributed by atoms with Crippen molar-refractivity contribution in [3.8, 4) is 0 Å². The molecule has 3 amide bonds. The molecule has 0 aromatic heterocycles. The Labute approximate surface area is 222 Å². The standard InChI is InChI=1S/C29H35N3O4S/c1-28(2,3)31-26(35)24-29-15-14-21(37-29)22(25(34)30-19-12-8-5-9-13-19)23(29)27(36)32(24)20(17-33)16-18-10-6-4-7-11-18/h4-13,20-24,33H,14-17H2,1-3H3,(H,30,34)(H,31,35)/t20-,21-,22+,23+,24?,29?/m1/s1. The predicted molar refractivity (Wildman–Crippen MR) is 145 cm³/mol. The van der Waals surface area contributed by atoms with Crippen molar-refractivity contribution in [3.05, 3.63) is 66.2 Å². The summed E-state index contributed by atoms with van der Waals surface area (Å²) in [5, 5.41) is 16.6. The van der Waals surface area contributed by atoms with Crippen molar-refractivity contribution in [3.63, 3.8) is 0 Å². The van der Waals surface area contributed by atoms with E-state index in [1.807, 2.05) is 81.4 Å². The van der Waals surface area contributed by atoms with Gasteiger partial charge in [0.1, 0.15) is 6.04 Å². The van der Waals surface area contributed by atoms with Crippen LogP contribution in [0.1, 0.15) is 39.2 Å². The number of amides is 3. The summed E-state index contributed by atoms with van der Waals surface area (Å²) in [4.78, 5) is 43.3. The van der Waals surface area contributed by atoms with Crippen molar-refractivity contribution in [2.45, 2.75) is 67.7 Å². The van der Waals surface area contributed by atoms with Gasteiger partial charge in [0.2, 0.25) is 17.7 Å². The Bertz CT molecular complexity index is 1170. The summed E-state index contributed by atoms with van der Waals surface area (Å²) in [7, 11) is 0. The van der Waals surface area contributed by atoms with Crippen LogP contribution in [0.2, 0.25) is 0 Å². The van der Waals surface area contributed by atoms with Crippen molar-refractivity contribution in [2.24, 2.45) is 11.8 Å². The molecule has 0 aliphatic carbocycles. The van der Waals surface area contributed by atoms with Crippen molar-refractivity contribution >= 4 is 35.2 Å². The third-order valence-corrected chi connectivity index (χ3v) is 9.70. The van der Waals surface area contributed by atoms with E-state index in [9.17, 15) is 19.5 Å². The Hall–Kier alpha value is -2.84. The Morgan fingerprint density at radius 1 is 1.08 bits per heavy atom. The van der Waals surface area contributed by atoms with Crippen LogP contribution >= 0.6 is 11.8 Å². The van der Waals surface area contributed by atoms with E-state index in [1.54, 1.807) is 16.7 Å². The fourth-order valence-corrected chi connectivity index (χ4v) is 8.61. The number of aliphatic hydroxyl groups excluding tert-OH is 1. The number of likely N-dealkylation sites (tertiary alicyclic amines) is 1. The minimum absolute atomic E-state index is 0.0218. The highest BCUT2D eigenvalue weighted by Crippen LogP contribution is 2.66. The lowest BCUT2D eigenvalue weighted by molar-refractivity contribution is -0.142. The van der Waals surface area contributed by atoms with Gasteiger partial charge < -0.3 is 20.6 Å². The third-order valence-electron chi connectivity index (χ3n) is 7.75. The quantitative estimate of drug-likeness (QED) is 0.520. The molecule has 2 aromatic rings. The molecule has 6 atom stereocenters. The van der Waals surface area contributed by atoms with Crippen molar-refractivity contribution < 1.29 is 19.5 Å². The molecule has 3 fully saturated rings. The van der Waals surface area contributed by atoms with Crippen LogP contribution in [-0.4, -0.2) is 62.0 Å². The van der Waals surface area contributed by atoms with Crippen LogP contribution in [0.5, 0.6) is 0 Å². The molecule has 3 aliphatic rings. The normalized spacial score (nSPS) is 29.2. The molecule has 2 aromatic carbocycles. The second kappa shape index (κ2) is 9.80. The summed E-state index contributed by atoms with van der Waals surface area (Å²) in [6, 6.07) is 17.6. The van der Waals surface area contributed by atoms with Gasteiger partial charge >= 0.3 is 0 Å². The Morgan fingerprint density at radius 2 is 1.73 bits per heavy atom. The zero-order valence-electron chi connectivity index (χ0n) is 21.5. The Morgan fingerprint density at radius 3 is 2.35 bits per heavy atom. The number of hydrogen-bond acceptors (Lipinski definition) is 5. The first-order valence-electron chi connectivity index (χ1n) is 13.0. The summed E-state index contributed by atoms with van der Waals surface area (Å²) in [5.74, 6) is -1.74. The molecule has 37 heavy (non-hydrogen) atoms. The molecule has 5 rings (SSSR count). The van der Waals surface area contributed by atoms with Crippen LogP contribution in [0.4, 0.5) is 5.69 Å². The number of anilines is 1. The number of carbonyl (C=O) groups is 3. The first kappa shape index (κ1) is 25.8. The minimum atomic E-state index is -0.755. The molecule has 7 nitrogen and oxygen atoms in total. The van der Waals surface area contributed by atoms with Crippen LogP contribution in [0.15, 0.2) is 60.7 Å². The topological polar surface area (TPSA) is 98.7 Å². The molecule has 3 aliphatic heterocycles. The summed E-state index contributed by atoms with van der Waals surface area (Å²) in [6.07, 6.45) is 1.90. The zero-order valence-corrected chi connectivity index (χ0v) is 22.3. The summed E-state index contributed by atoms with van der Waals surface area (Å²) in [6.45, 7) is 5.50. The molecule has 0 saturated carbocycles. The smallest absolute Gasteiger partial charge is 0.244 e. The molecule has 3 N–H and O–H groups in total. The van der Waals surface area contributed by atoms with Gasteiger partial charge in [0.15, 0.2) is 0 Å². The number of aliphatic hydroxyl groups is 1. The SMILES string of the molecule is CC(C)(C)NC(=O)C1N([C@@H](CO)Cc2ccccc2)C(=O)[C@@H]2[C@@H](C(=O)Nc3ccccc3)[C@H]3CCC12S3. The van der Waals surface area contributed by atoms with E-state index in [0.717, 1.165) is 12.0 Å². The lowest BCUT2D eigenvalue weighted by atomic mass is 9.70. The molecule has 196 valence electrons. The molecule has 1 spiro atoms. The number of nitrogens with zero attached hydrogens (tertiary/aromatic N) is 1. The van der Waals surface area contributed by atoms with Gasteiger partial charge in [-0.2, -0.15) is 0 Å². The molecule has 8 heteroatoms. The number of benzene rings is 2. The van der Waals surface area contributed by atoms with Gasteiger partial charge in [0, 0.05) is 16.5 Å². The fraction of sp³-hybridized carbons (Fsp3) is 0.483. The Balaban J connectivity index is 1.52. The maximum absolute atomic E-state index is 14.3. The number of nitrogens with one attached hydrogen (secondary N) is 2. The number of fused-ring (bicyclic) bond motifs is 1. The number of rotatable bonds is 7. The average Bonchev–Trinajstić information content (AvgIpc) is 3.50. The highest BCUT2D eigenvalue weighted by molar-refractivity contribution is 8.02. The fourth-order valence-electron chi connectivity index (χ4n) is 6.41. The molecular weight excluding hydrogens is 486 g/mol. The monoisotopic (exact) mass is 521 g/mol. The largest absolute Gasteiger partial charge is 0.394 e. The maximum Gasteiger partial charge on any atom is 0.244 e. The van der Waals surface area contributed by atoms with Gasteiger partial charge in [-0.1, -0.05) is 48.5 Å². The van der Waals surface area contributed by atoms with Crippen molar-refractivity contribution in [1.29, 1.82) is 0 Å². The molecule has 0 radical (unpaired) electrons. The van der Waals surface area contributed by atoms with Crippen LogP contribution < -0.4 is 10.6 Å². The second-order valence-electron chi connectivity index (χ2n) is 11.4. The third kappa shape index (κ3) is 4.66. The molecule has 3 heterocycles. The predicted octanol–water partition coefficient (Wildman–Crippen LogP) is 3.23. The number of hydrogen-bond donors (Lipinski definition) is 3. The van der Waals surface area contributed by atoms with E-state index < -0.39 is 34.2 Å². The van der Waals surface area contributed by atoms with E-state index in [2.05, 4.69) is 10.6 Å². The molecule has 2 bridgehead atoms. The van der Waals surface area contributed by atoms with Gasteiger partial charge in [0.05, 0.1) is 29.2 Å².